The average molecular weight is 331 g/mol. The summed E-state index contributed by atoms with van der Waals surface area (Å²) in [6, 6.07) is 5.62. The molecule has 24 heavy (non-hydrogen) atoms. The molecular weight excluding hydrogens is 314 g/mol. The van der Waals surface area contributed by atoms with Gasteiger partial charge in [0, 0.05) is 5.56 Å². The van der Waals surface area contributed by atoms with E-state index in [2.05, 4.69) is 16.0 Å². The number of rotatable bonds is 4. The zero-order valence-electron chi connectivity index (χ0n) is 13.0. The molecule has 1 saturated carbocycles. The Kier molecular flexibility index (Phi) is 3.55. The summed E-state index contributed by atoms with van der Waals surface area (Å²) in [7, 11) is 0. The highest BCUT2D eigenvalue weighted by atomic mass is 16.4. The van der Waals surface area contributed by atoms with Gasteiger partial charge in [0.15, 0.2) is 0 Å². The van der Waals surface area contributed by atoms with Gasteiger partial charge in [-0.15, -0.1) is 0 Å². The molecule has 8 nitrogen and oxygen atoms in total. The van der Waals surface area contributed by atoms with E-state index < -0.39 is 34.9 Å². The van der Waals surface area contributed by atoms with E-state index in [4.69, 9.17) is 0 Å². The second-order valence-electron chi connectivity index (χ2n) is 6.31. The Bertz CT molecular complexity index is 756. The quantitative estimate of drug-likeness (QED) is 0.597. The summed E-state index contributed by atoms with van der Waals surface area (Å²) in [5.74, 6) is -2.08. The van der Waals surface area contributed by atoms with Gasteiger partial charge >= 0.3 is 12.0 Å². The van der Waals surface area contributed by atoms with E-state index in [9.17, 15) is 24.3 Å². The standard InChI is InChI=1S/C16H17N3O5/c1-15(12(21)17-14(24)19-15)10-5-2-4-9(8-10)11(20)18-16(13(22)23)6-3-7-16/h2,4-5,8H,3,6-7H2,1H3,(H,18,20)(H,22,23)(H2,17,19,21,24). The lowest BCUT2D eigenvalue weighted by molar-refractivity contribution is -0.148. The molecule has 3 rings (SSSR count). The van der Waals surface area contributed by atoms with Crippen molar-refractivity contribution in [3.8, 4) is 0 Å². The molecule has 126 valence electrons. The molecule has 0 aromatic heterocycles. The van der Waals surface area contributed by atoms with E-state index >= 15 is 0 Å². The lowest BCUT2D eigenvalue weighted by atomic mass is 9.76. The first kappa shape index (κ1) is 16.0. The van der Waals surface area contributed by atoms with Crippen LogP contribution in [0.25, 0.3) is 0 Å². The van der Waals surface area contributed by atoms with Gasteiger partial charge in [-0.2, -0.15) is 0 Å². The first-order chi connectivity index (χ1) is 11.3. The summed E-state index contributed by atoms with van der Waals surface area (Å²) in [5.41, 5.74) is -1.81. The number of hydrogen-bond donors (Lipinski definition) is 4. The Balaban J connectivity index is 1.86. The van der Waals surface area contributed by atoms with E-state index in [0.29, 0.717) is 18.4 Å². The Morgan fingerprint density at radius 3 is 2.46 bits per heavy atom. The normalized spacial score (nSPS) is 24.5. The first-order valence-corrected chi connectivity index (χ1v) is 7.57. The fraction of sp³-hybridized carbons (Fsp3) is 0.375. The zero-order valence-corrected chi connectivity index (χ0v) is 13.0. The minimum Gasteiger partial charge on any atom is -0.480 e. The summed E-state index contributed by atoms with van der Waals surface area (Å²) >= 11 is 0. The molecule has 0 radical (unpaired) electrons. The number of carboxylic acids is 1. The number of amides is 4. The number of nitrogens with one attached hydrogen (secondary N) is 3. The maximum Gasteiger partial charge on any atom is 0.329 e. The molecule has 4 amide bonds. The predicted molar refractivity (Wildman–Crippen MR) is 82.2 cm³/mol. The predicted octanol–water partition coefficient (Wildman–Crippen LogP) is 0.478. The number of benzene rings is 1. The average Bonchev–Trinajstić information content (AvgIpc) is 2.76. The van der Waals surface area contributed by atoms with Gasteiger partial charge in [0.2, 0.25) is 0 Å². The second-order valence-corrected chi connectivity index (χ2v) is 6.31. The van der Waals surface area contributed by atoms with E-state index in [1.165, 1.54) is 19.1 Å². The van der Waals surface area contributed by atoms with Crippen molar-refractivity contribution in [1.29, 1.82) is 0 Å². The van der Waals surface area contributed by atoms with Gasteiger partial charge in [0.1, 0.15) is 11.1 Å². The molecule has 1 aromatic carbocycles. The van der Waals surface area contributed by atoms with Crippen molar-refractivity contribution < 1.29 is 24.3 Å². The third kappa shape index (κ3) is 2.40. The van der Waals surface area contributed by atoms with Crippen molar-refractivity contribution in [3.63, 3.8) is 0 Å². The van der Waals surface area contributed by atoms with Gasteiger partial charge in [-0.1, -0.05) is 12.1 Å². The lowest BCUT2D eigenvalue weighted by Gasteiger charge is -2.38. The molecular formula is C16H17N3O5. The minimum absolute atomic E-state index is 0.232. The number of carboxylic acid groups (broad SMARTS) is 1. The summed E-state index contributed by atoms with van der Waals surface area (Å²) in [4.78, 5) is 47.1. The van der Waals surface area contributed by atoms with Crippen LogP contribution in [0.2, 0.25) is 0 Å². The van der Waals surface area contributed by atoms with Crippen molar-refractivity contribution in [1.82, 2.24) is 16.0 Å². The molecule has 8 heteroatoms. The summed E-state index contributed by atoms with van der Waals surface area (Å²) in [5, 5.41) is 16.6. The molecule has 1 unspecified atom stereocenters. The Labute approximate surface area is 137 Å². The maximum atomic E-state index is 12.4. The van der Waals surface area contributed by atoms with Crippen molar-refractivity contribution in [2.45, 2.75) is 37.3 Å². The van der Waals surface area contributed by atoms with Crippen LogP contribution in [0.15, 0.2) is 24.3 Å². The lowest BCUT2D eigenvalue weighted by Crippen LogP contribution is -2.59. The summed E-state index contributed by atoms with van der Waals surface area (Å²) in [6.45, 7) is 1.54. The van der Waals surface area contributed by atoms with Crippen LogP contribution < -0.4 is 16.0 Å². The van der Waals surface area contributed by atoms with Gasteiger partial charge < -0.3 is 15.7 Å². The third-order valence-electron chi connectivity index (χ3n) is 4.72. The largest absolute Gasteiger partial charge is 0.480 e. The van der Waals surface area contributed by atoms with E-state index in [1.807, 2.05) is 0 Å². The highest BCUT2D eigenvalue weighted by Gasteiger charge is 2.46. The van der Waals surface area contributed by atoms with E-state index in [1.54, 1.807) is 12.1 Å². The number of hydrogen-bond acceptors (Lipinski definition) is 4. The Hall–Kier alpha value is -2.90. The van der Waals surface area contributed by atoms with E-state index in [-0.39, 0.29) is 5.56 Å². The SMILES string of the molecule is CC1(c2cccc(C(=O)NC3(C(=O)O)CCC3)c2)NC(=O)NC1=O. The smallest absolute Gasteiger partial charge is 0.329 e. The number of urea groups is 1. The Morgan fingerprint density at radius 1 is 1.25 bits per heavy atom. The minimum atomic E-state index is -1.27. The van der Waals surface area contributed by atoms with Crippen LogP contribution >= 0.6 is 0 Å². The fourth-order valence-electron chi connectivity index (χ4n) is 2.93. The molecule has 0 bridgehead atoms. The monoisotopic (exact) mass is 331 g/mol. The van der Waals surface area contributed by atoms with Gasteiger partial charge in [-0.05, 0) is 43.9 Å². The molecule has 2 aliphatic rings. The number of imide groups is 1. The number of carbonyl (C=O) groups is 4. The van der Waals surface area contributed by atoms with Crippen LogP contribution in [-0.4, -0.2) is 34.5 Å². The summed E-state index contributed by atoms with van der Waals surface area (Å²) in [6.07, 6.45) is 1.53. The molecule has 1 aliphatic carbocycles. The Morgan fingerprint density at radius 2 is 1.96 bits per heavy atom. The molecule has 1 aliphatic heterocycles. The molecule has 1 saturated heterocycles. The number of aliphatic carboxylic acids is 1. The molecule has 1 aromatic rings. The van der Waals surface area contributed by atoms with Gasteiger partial charge in [-0.25, -0.2) is 9.59 Å². The van der Waals surface area contributed by atoms with Crippen molar-refractivity contribution in [2.75, 3.05) is 0 Å². The van der Waals surface area contributed by atoms with Crippen molar-refractivity contribution in [2.24, 2.45) is 0 Å². The highest BCUT2D eigenvalue weighted by molar-refractivity contribution is 6.07. The van der Waals surface area contributed by atoms with Crippen LogP contribution in [0.4, 0.5) is 4.79 Å². The van der Waals surface area contributed by atoms with Crippen LogP contribution in [0.5, 0.6) is 0 Å². The van der Waals surface area contributed by atoms with Crippen LogP contribution in [0.1, 0.15) is 42.1 Å². The van der Waals surface area contributed by atoms with Crippen LogP contribution in [0, 0.1) is 0 Å². The second kappa shape index (κ2) is 5.33. The molecule has 2 fully saturated rings. The van der Waals surface area contributed by atoms with Crippen LogP contribution in [0.3, 0.4) is 0 Å². The molecule has 1 heterocycles. The topological polar surface area (TPSA) is 125 Å². The van der Waals surface area contributed by atoms with Gasteiger partial charge in [0.25, 0.3) is 11.8 Å². The van der Waals surface area contributed by atoms with E-state index in [0.717, 1.165) is 6.42 Å². The van der Waals surface area contributed by atoms with Gasteiger partial charge in [-0.3, -0.25) is 14.9 Å². The molecule has 1 atom stereocenters. The first-order valence-electron chi connectivity index (χ1n) is 7.57. The van der Waals surface area contributed by atoms with Gasteiger partial charge in [0.05, 0.1) is 0 Å². The zero-order chi connectivity index (χ0) is 17.5. The maximum absolute atomic E-state index is 12.4. The fourth-order valence-corrected chi connectivity index (χ4v) is 2.93. The third-order valence-corrected chi connectivity index (χ3v) is 4.72. The molecule has 4 N–H and O–H groups in total. The number of carbonyl (C=O) groups excluding carboxylic acids is 3. The van der Waals surface area contributed by atoms with Crippen LogP contribution in [-0.2, 0) is 15.1 Å². The highest BCUT2D eigenvalue weighted by Crippen LogP contribution is 2.32. The van der Waals surface area contributed by atoms with Crippen molar-refractivity contribution in [3.05, 3.63) is 35.4 Å². The van der Waals surface area contributed by atoms with Crippen molar-refractivity contribution >= 4 is 23.8 Å². The summed E-state index contributed by atoms with van der Waals surface area (Å²) < 4.78 is 0. The molecule has 0 spiro atoms.